The van der Waals surface area contributed by atoms with Gasteiger partial charge >= 0.3 is 0 Å². The highest BCUT2D eigenvalue weighted by Crippen LogP contribution is 2.34. The quantitative estimate of drug-likeness (QED) is 0.914. The predicted molar refractivity (Wildman–Crippen MR) is 86.9 cm³/mol. The molecule has 0 bridgehead atoms. The van der Waals surface area contributed by atoms with E-state index in [0.29, 0.717) is 0 Å². The zero-order valence-electron chi connectivity index (χ0n) is 12.4. The van der Waals surface area contributed by atoms with Gasteiger partial charge in [0, 0.05) is 24.2 Å². The maximum Gasteiger partial charge on any atom is 0.0589 e. The van der Waals surface area contributed by atoms with E-state index in [1.807, 2.05) is 0 Å². The average molecular weight is 341 g/mol. The van der Waals surface area contributed by atoms with Crippen molar-refractivity contribution in [3.05, 3.63) is 33.8 Å². The zero-order chi connectivity index (χ0) is 14.5. The van der Waals surface area contributed by atoms with Gasteiger partial charge in [0.25, 0.3) is 0 Å². The standard InChI is InChI=1S/C16H25BrN2O/c1-12-6-7-13(14(17)11-12)16-15(18)5-3-4-8-19(16)9-10-20-2/h6-7,11,15-16H,3-5,8-10,18H2,1-2H3. The third kappa shape index (κ3) is 3.82. The van der Waals surface area contributed by atoms with Gasteiger partial charge in [-0.3, -0.25) is 4.90 Å². The first kappa shape index (κ1) is 16.0. The Kier molecular flexibility index (Phi) is 6.02. The molecule has 1 saturated heterocycles. The van der Waals surface area contributed by atoms with Gasteiger partial charge in [0.15, 0.2) is 0 Å². The molecule has 0 radical (unpaired) electrons. The van der Waals surface area contributed by atoms with E-state index in [0.717, 1.165) is 26.1 Å². The second-order valence-corrected chi connectivity index (χ2v) is 6.51. The molecule has 2 N–H and O–H groups in total. The third-order valence-corrected chi connectivity index (χ3v) is 4.78. The summed E-state index contributed by atoms with van der Waals surface area (Å²) >= 11 is 3.72. The molecule has 0 spiro atoms. The minimum Gasteiger partial charge on any atom is -0.383 e. The van der Waals surface area contributed by atoms with E-state index in [-0.39, 0.29) is 12.1 Å². The van der Waals surface area contributed by atoms with Crippen LogP contribution in [0.2, 0.25) is 0 Å². The SMILES string of the molecule is COCCN1CCCCC(N)C1c1ccc(C)cc1Br. The fraction of sp³-hybridized carbons (Fsp3) is 0.625. The van der Waals surface area contributed by atoms with Crippen molar-refractivity contribution >= 4 is 15.9 Å². The first-order valence-corrected chi connectivity index (χ1v) is 8.17. The van der Waals surface area contributed by atoms with Gasteiger partial charge in [-0.2, -0.15) is 0 Å². The van der Waals surface area contributed by atoms with Gasteiger partial charge in [-0.05, 0) is 43.5 Å². The Balaban J connectivity index is 2.29. The zero-order valence-corrected chi connectivity index (χ0v) is 14.0. The van der Waals surface area contributed by atoms with Crippen LogP contribution in [0.25, 0.3) is 0 Å². The second-order valence-electron chi connectivity index (χ2n) is 5.66. The van der Waals surface area contributed by atoms with E-state index in [1.165, 1.54) is 28.4 Å². The van der Waals surface area contributed by atoms with Gasteiger partial charge in [-0.1, -0.05) is 34.5 Å². The highest BCUT2D eigenvalue weighted by Gasteiger charge is 2.29. The molecule has 2 unspecified atom stereocenters. The van der Waals surface area contributed by atoms with Crippen LogP contribution in [0.5, 0.6) is 0 Å². The summed E-state index contributed by atoms with van der Waals surface area (Å²) in [5.41, 5.74) is 9.05. The van der Waals surface area contributed by atoms with Crippen LogP contribution in [0, 0.1) is 6.92 Å². The molecular formula is C16H25BrN2O. The molecular weight excluding hydrogens is 316 g/mol. The number of hydrogen-bond acceptors (Lipinski definition) is 3. The lowest BCUT2D eigenvalue weighted by Gasteiger charge is -2.34. The number of nitrogens with two attached hydrogens (primary N) is 1. The van der Waals surface area contributed by atoms with Crippen LogP contribution in [0.1, 0.15) is 36.4 Å². The average Bonchev–Trinajstić information content (AvgIpc) is 2.59. The van der Waals surface area contributed by atoms with Crippen LogP contribution in [-0.2, 0) is 4.74 Å². The molecule has 1 aliphatic rings. The molecule has 0 saturated carbocycles. The lowest BCUT2D eigenvalue weighted by molar-refractivity contribution is 0.114. The van der Waals surface area contributed by atoms with Crippen molar-refractivity contribution in [1.82, 2.24) is 4.90 Å². The predicted octanol–water partition coefficient (Wildman–Crippen LogP) is 3.26. The lowest BCUT2D eigenvalue weighted by atomic mass is 9.95. The van der Waals surface area contributed by atoms with Gasteiger partial charge in [-0.25, -0.2) is 0 Å². The number of likely N-dealkylation sites (tertiary alicyclic amines) is 1. The van der Waals surface area contributed by atoms with Gasteiger partial charge in [-0.15, -0.1) is 0 Å². The molecule has 1 fully saturated rings. The molecule has 2 rings (SSSR count). The summed E-state index contributed by atoms with van der Waals surface area (Å²) < 4.78 is 6.43. The van der Waals surface area contributed by atoms with Crippen LogP contribution < -0.4 is 5.73 Å². The molecule has 20 heavy (non-hydrogen) atoms. The maximum atomic E-state index is 6.48. The first-order chi connectivity index (χ1) is 9.63. The van der Waals surface area contributed by atoms with Crippen molar-refractivity contribution in [2.24, 2.45) is 5.73 Å². The number of halogens is 1. The Bertz CT molecular complexity index is 438. The molecule has 4 heteroatoms. The van der Waals surface area contributed by atoms with Gasteiger partial charge in [0.2, 0.25) is 0 Å². The largest absolute Gasteiger partial charge is 0.383 e. The normalized spacial score (nSPS) is 24.6. The summed E-state index contributed by atoms with van der Waals surface area (Å²) in [6.07, 6.45) is 3.52. The van der Waals surface area contributed by atoms with E-state index in [9.17, 15) is 0 Å². The molecule has 2 atom stereocenters. The van der Waals surface area contributed by atoms with Gasteiger partial charge in [0.05, 0.1) is 12.6 Å². The number of hydrogen-bond donors (Lipinski definition) is 1. The number of rotatable bonds is 4. The number of benzene rings is 1. The first-order valence-electron chi connectivity index (χ1n) is 7.38. The summed E-state index contributed by atoms with van der Waals surface area (Å²) in [4.78, 5) is 2.48. The summed E-state index contributed by atoms with van der Waals surface area (Å²) in [7, 11) is 1.76. The van der Waals surface area contributed by atoms with Crippen LogP contribution in [0.3, 0.4) is 0 Å². The van der Waals surface area contributed by atoms with E-state index in [2.05, 4.69) is 46.0 Å². The van der Waals surface area contributed by atoms with E-state index in [1.54, 1.807) is 7.11 Å². The van der Waals surface area contributed by atoms with E-state index < -0.39 is 0 Å². The molecule has 1 aromatic rings. The summed E-state index contributed by atoms with van der Waals surface area (Å²) in [6.45, 7) is 4.91. The molecule has 0 amide bonds. The molecule has 112 valence electrons. The number of methoxy groups -OCH3 is 1. The smallest absolute Gasteiger partial charge is 0.0589 e. The van der Waals surface area contributed by atoms with Crippen LogP contribution >= 0.6 is 15.9 Å². The minimum absolute atomic E-state index is 0.188. The number of nitrogens with zero attached hydrogens (tertiary/aromatic N) is 1. The minimum atomic E-state index is 0.188. The van der Waals surface area contributed by atoms with Crippen molar-refractivity contribution in [2.45, 2.75) is 38.3 Å². The Morgan fingerprint density at radius 1 is 1.40 bits per heavy atom. The second kappa shape index (κ2) is 7.55. The fourth-order valence-corrected chi connectivity index (χ4v) is 3.75. The molecule has 3 nitrogen and oxygen atoms in total. The van der Waals surface area contributed by atoms with Gasteiger partial charge in [0.1, 0.15) is 0 Å². The highest BCUT2D eigenvalue weighted by molar-refractivity contribution is 9.10. The van der Waals surface area contributed by atoms with Crippen LogP contribution in [0.4, 0.5) is 0 Å². The van der Waals surface area contributed by atoms with Crippen LogP contribution in [-0.4, -0.2) is 37.7 Å². The molecule has 1 heterocycles. The van der Waals surface area contributed by atoms with E-state index in [4.69, 9.17) is 10.5 Å². The summed E-state index contributed by atoms with van der Waals surface area (Å²) in [5, 5.41) is 0. The Morgan fingerprint density at radius 3 is 2.90 bits per heavy atom. The summed E-state index contributed by atoms with van der Waals surface area (Å²) in [5.74, 6) is 0. The van der Waals surface area contributed by atoms with Crippen LogP contribution in [0.15, 0.2) is 22.7 Å². The third-order valence-electron chi connectivity index (χ3n) is 4.09. The summed E-state index contributed by atoms with van der Waals surface area (Å²) in [6, 6.07) is 7.04. The lowest BCUT2D eigenvalue weighted by Crippen LogP contribution is -2.41. The highest BCUT2D eigenvalue weighted by atomic mass is 79.9. The molecule has 1 aliphatic heterocycles. The van der Waals surface area contributed by atoms with Crippen molar-refractivity contribution in [2.75, 3.05) is 26.8 Å². The Morgan fingerprint density at radius 2 is 2.20 bits per heavy atom. The van der Waals surface area contributed by atoms with Crippen molar-refractivity contribution in [1.29, 1.82) is 0 Å². The van der Waals surface area contributed by atoms with E-state index >= 15 is 0 Å². The topological polar surface area (TPSA) is 38.5 Å². The number of aryl methyl sites for hydroxylation is 1. The fourth-order valence-electron chi connectivity index (χ4n) is 3.02. The molecule has 0 aliphatic carbocycles. The molecule has 0 aromatic heterocycles. The van der Waals surface area contributed by atoms with Gasteiger partial charge < -0.3 is 10.5 Å². The maximum absolute atomic E-state index is 6.48. The number of ether oxygens (including phenoxy) is 1. The Labute approximate surface area is 130 Å². The Hall–Kier alpha value is -0.420. The monoisotopic (exact) mass is 340 g/mol. The van der Waals surface area contributed by atoms with Crippen molar-refractivity contribution in [3.8, 4) is 0 Å². The van der Waals surface area contributed by atoms with Crippen molar-refractivity contribution < 1.29 is 4.74 Å². The van der Waals surface area contributed by atoms with Crippen molar-refractivity contribution in [3.63, 3.8) is 0 Å². The molecule has 1 aromatic carbocycles.